The molecule has 114 valence electrons. The van der Waals surface area contributed by atoms with Crippen LogP contribution in [0.1, 0.15) is 16.1 Å². The summed E-state index contributed by atoms with van der Waals surface area (Å²) in [5.74, 6) is 0. The van der Waals surface area contributed by atoms with E-state index in [1.807, 2.05) is 17.6 Å². The Labute approximate surface area is 139 Å². The van der Waals surface area contributed by atoms with Gasteiger partial charge >= 0.3 is 0 Å². The molecule has 0 N–H and O–H groups in total. The molecule has 0 atom stereocenters. The first kappa shape index (κ1) is 14.2. The Morgan fingerprint density at radius 3 is 2.26 bits per heavy atom. The third-order valence-corrected chi connectivity index (χ3v) is 5.05. The number of nitrogens with zero attached hydrogens (tertiary/aromatic N) is 3. The standard InChI is InChI=1S/C19H17N3S/c1-12-4-5-17(10-13(12)2)15-6-8-16(9-7-15)18-11-20-19-22(18)21-14(3)23-19/h4-11H,1-3H3. The molecule has 0 amide bonds. The summed E-state index contributed by atoms with van der Waals surface area (Å²) in [6.07, 6.45) is 1.89. The molecule has 0 radical (unpaired) electrons. The highest BCUT2D eigenvalue weighted by Gasteiger charge is 2.10. The first-order valence-electron chi connectivity index (χ1n) is 7.61. The van der Waals surface area contributed by atoms with Crippen LogP contribution in [0.5, 0.6) is 0 Å². The van der Waals surface area contributed by atoms with Gasteiger partial charge in [-0.05, 0) is 43.0 Å². The lowest BCUT2D eigenvalue weighted by molar-refractivity contribution is 0.953. The van der Waals surface area contributed by atoms with Crippen LogP contribution in [0.15, 0.2) is 48.7 Å². The molecule has 3 nitrogen and oxygen atoms in total. The molecular weight excluding hydrogens is 302 g/mol. The summed E-state index contributed by atoms with van der Waals surface area (Å²) in [5, 5.41) is 5.55. The Morgan fingerprint density at radius 1 is 0.826 bits per heavy atom. The van der Waals surface area contributed by atoms with Gasteiger partial charge in [-0.2, -0.15) is 5.10 Å². The number of benzene rings is 2. The lowest BCUT2D eigenvalue weighted by atomic mass is 9.99. The Bertz CT molecular complexity index is 993. The van der Waals surface area contributed by atoms with Gasteiger partial charge in [0.25, 0.3) is 0 Å². The van der Waals surface area contributed by atoms with Crippen molar-refractivity contribution in [1.29, 1.82) is 0 Å². The minimum absolute atomic E-state index is 0.940. The van der Waals surface area contributed by atoms with Crippen molar-refractivity contribution in [2.45, 2.75) is 20.8 Å². The zero-order valence-corrected chi connectivity index (χ0v) is 14.2. The summed E-state index contributed by atoms with van der Waals surface area (Å²) in [7, 11) is 0. The topological polar surface area (TPSA) is 30.2 Å². The molecule has 0 aliphatic carbocycles. The van der Waals surface area contributed by atoms with E-state index in [1.165, 1.54) is 22.3 Å². The molecule has 0 fully saturated rings. The minimum atomic E-state index is 0.940. The number of fused-ring (bicyclic) bond motifs is 1. The summed E-state index contributed by atoms with van der Waals surface area (Å²) < 4.78 is 1.92. The summed E-state index contributed by atoms with van der Waals surface area (Å²) in [6, 6.07) is 15.2. The maximum atomic E-state index is 4.52. The highest BCUT2D eigenvalue weighted by atomic mass is 32.1. The van der Waals surface area contributed by atoms with Crippen molar-refractivity contribution < 1.29 is 0 Å². The molecule has 0 saturated heterocycles. The van der Waals surface area contributed by atoms with Gasteiger partial charge in [-0.25, -0.2) is 9.50 Å². The maximum absolute atomic E-state index is 4.52. The van der Waals surface area contributed by atoms with Gasteiger partial charge in [0, 0.05) is 5.56 Å². The molecule has 2 aromatic carbocycles. The molecule has 2 heterocycles. The SMILES string of the molecule is Cc1nn2c(-c3ccc(-c4ccc(C)c(C)c4)cc3)cnc2s1. The van der Waals surface area contributed by atoms with Crippen LogP contribution in [-0.4, -0.2) is 14.6 Å². The highest BCUT2D eigenvalue weighted by Crippen LogP contribution is 2.27. The number of rotatable bonds is 2. The number of hydrogen-bond donors (Lipinski definition) is 0. The third-order valence-electron chi connectivity index (χ3n) is 4.21. The molecule has 0 saturated carbocycles. The van der Waals surface area contributed by atoms with Crippen LogP contribution in [0.25, 0.3) is 27.3 Å². The van der Waals surface area contributed by atoms with Crippen LogP contribution >= 0.6 is 11.3 Å². The van der Waals surface area contributed by atoms with Gasteiger partial charge in [0.2, 0.25) is 4.96 Å². The van der Waals surface area contributed by atoms with Crippen molar-refractivity contribution >= 4 is 16.3 Å². The lowest BCUT2D eigenvalue weighted by Crippen LogP contribution is -1.89. The van der Waals surface area contributed by atoms with Gasteiger partial charge in [0.1, 0.15) is 5.01 Å². The first-order valence-corrected chi connectivity index (χ1v) is 8.43. The molecule has 0 unspecified atom stereocenters. The van der Waals surface area contributed by atoms with Gasteiger partial charge in [-0.3, -0.25) is 0 Å². The van der Waals surface area contributed by atoms with E-state index in [0.717, 1.165) is 21.2 Å². The smallest absolute Gasteiger partial charge is 0.212 e. The van der Waals surface area contributed by atoms with Crippen LogP contribution in [0.3, 0.4) is 0 Å². The average Bonchev–Trinajstić information content (AvgIpc) is 3.09. The van der Waals surface area contributed by atoms with Crippen LogP contribution in [0.4, 0.5) is 0 Å². The quantitative estimate of drug-likeness (QED) is 0.517. The second-order valence-electron chi connectivity index (χ2n) is 5.84. The van der Waals surface area contributed by atoms with E-state index in [2.05, 4.69) is 66.4 Å². The largest absolute Gasteiger partial charge is 0.225 e. The van der Waals surface area contributed by atoms with Gasteiger partial charge in [0.05, 0.1) is 11.9 Å². The van der Waals surface area contributed by atoms with Gasteiger partial charge < -0.3 is 0 Å². The fourth-order valence-corrected chi connectivity index (χ4v) is 3.46. The number of imidazole rings is 1. The predicted octanol–water partition coefficient (Wildman–Crippen LogP) is 5.05. The van der Waals surface area contributed by atoms with Crippen molar-refractivity contribution in [1.82, 2.24) is 14.6 Å². The maximum Gasteiger partial charge on any atom is 0.212 e. The van der Waals surface area contributed by atoms with Gasteiger partial charge in [-0.15, -0.1) is 0 Å². The molecule has 0 bridgehead atoms. The molecular formula is C19H17N3S. The normalized spacial score (nSPS) is 11.3. The Morgan fingerprint density at radius 2 is 1.52 bits per heavy atom. The fraction of sp³-hybridized carbons (Fsp3) is 0.158. The number of aromatic nitrogens is 3. The van der Waals surface area contributed by atoms with E-state index in [0.29, 0.717) is 0 Å². The van der Waals surface area contributed by atoms with Crippen LogP contribution in [-0.2, 0) is 0 Å². The average molecular weight is 319 g/mol. The number of hydrogen-bond acceptors (Lipinski definition) is 3. The van der Waals surface area contributed by atoms with Crippen molar-refractivity contribution in [3.8, 4) is 22.4 Å². The Kier molecular flexibility index (Phi) is 3.27. The second-order valence-corrected chi connectivity index (χ2v) is 7.00. The monoisotopic (exact) mass is 319 g/mol. The summed E-state index contributed by atoms with van der Waals surface area (Å²) in [6.45, 7) is 6.30. The lowest BCUT2D eigenvalue weighted by Gasteiger charge is -2.06. The van der Waals surface area contributed by atoms with Crippen LogP contribution < -0.4 is 0 Å². The first-order chi connectivity index (χ1) is 11.1. The molecule has 2 aromatic heterocycles. The number of aryl methyl sites for hydroxylation is 3. The zero-order chi connectivity index (χ0) is 16.0. The molecule has 4 aromatic rings. The molecule has 0 spiro atoms. The highest BCUT2D eigenvalue weighted by molar-refractivity contribution is 7.16. The second kappa shape index (κ2) is 5.32. The van der Waals surface area contributed by atoms with Crippen LogP contribution in [0, 0.1) is 20.8 Å². The molecule has 4 heteroatoms. The predicted molar refractivity (Wildman–Crippen MR) is 95.9 cm³/mol. The van der Waals surface area contributed by atoms with Crippen molar-refractivity contribution in [3.63, 3.8) is 0 Å². The summed E-state index contributed by atoms with van der Waals surface area (Å²) in [5.41, 5.74) is 7.30. The van der Waals surface area contributed by atoms with Crippen molar-refractivity contribution in [3.05, 3.63) is 64.8 Å². The van der Waals surface area contributed by atoms with E-state index in [4.69, 9.17) is 0 Å². The van der Waals surface area contributed by atoms with E-state index >= 15 is 0 Å². The third kappa shape index (κ3) is 2.45. The van der Waals surface area contributed by atoms with Gasteiger partial charge in [-0.1, -0.05) is 53.8 Å². The van der Waals surface area contributed by atoms with E-state index in [1.54, 1.807) is 11.3 Å². The summed E-state index contributed by atoms with van der Waals surface area (Å²) >= 11 is 1.61. The summed E-state index contributed by atoms with van der Waals surface area (Å²) in [4.78, 5) is 5.38. The Balaban J connectivity index is 1.74. The van der Waals surface area contributed by atoms with E-state index in [9.17, 15) is 0 Å². The van der Waals surface area contributed by atoms with Gasteiger partial charge in [0.15, 0.2) is 0 Å². The van der Waals surface area contributed by atoms with Crippen molar-refractivity contribution in [2.75, 3.05) is 0 Å². The van der Waals surface area contributed by atoms with Crippen LogP contribution in [0.2, 0.25) is 0 Å². The van der Waals surface area contributed by atoms with E-state index < -0.39 is 0 Å². The zero-order valence-electron chi connectivity index (χ0n) is 13.4. The van der Waals surface area contributed by atoms with Crippen molar-refractivity contribution in [2.24, 2.45) is 0 Å². The molecule has 23 heavy (non-hydrogen) atoms. The molecule has 0 aliphatic heterocycles. The minimum Gasteiger partial charge on any atom is -0.225 e. The fourth-order valence-electron chi connectivity index (χ4n) is 2.74. The van der Waals surface area contributed by atoms with E-state index in [-0.39, 0.29) is 0 Å². The molecule has 4 rings (SSSR count). The molecule has 0 aliphatic rings. The Hall–Kier alpha value is -2.46.